The molecule has 0 amide bonds. The summed E-state index contributed by atoms with van der Waals surface area (Å²) in [7, 11) is 0. The predicted octanol–water partition coefficient (Wildman–Crippen LogP) is 6.90. The Morgan fingerprint density at radius 1 is 0.571 bits per heavy atom. The number of hydrogen-bond acceptors (Lipinski definition) is 3. The van der Waals surface area contributed by atoms with Crippen molar-refractivity contribution in [1.29, 1.82) is 0 Å². The summed E-state index contributed by atoms with van der Waals surface area (Å²) in [5.74, 6) is 0. The Bertz CT molecular complexity index is 1760. The number of rotatable bonds is 0. The lowest BCUT2D eigenvalue weighted by molar-refractivity contribution is 0.951. The predicted molar refractivity (Wildman–Crippen MR) is 139 cm³/mol. The molecule has 0 saturated heterocycles. The Kier molecular flexibility index (Phi) is 3.24. The van der Waals surface area contributed by atoms with Gasteiger partial charge in [0.2, 0.25) is 0 Å². The van der Waals surface area contributed by atoms with E-state index < -0.39 is 0 Å². The summed E-state index contributed by atoms with van der Waals surface area (Å²) >= 11 is 0. The van der Waals surface area contributed by atoms with Gasteiger partial charge in [0, 0.05) is 37.0 Å². The molecule has 3 nitrogen and oxygen atoms in total. The Balaban J connectivity index is 1.30. The van der Waals surface area contributed by atoms with Gasteiger partial charge in [0.1, 0.15) is 0 Å². The average molecular weight is 448 g/mol. The Morgan fingerprint density at radius 3 is 2.34 bits per heavy atom. The number of benzene rings is 3. The van der Waals surface area contributed by atoms with Crippen molar-refractivity contribution in [2.24, 2.45) is 0 Å². The Morgan fingerprint density at radius 2 is 1.40 bits per heavy atom. The van der Waals surface area contributed by atoms with Crippen LogP contribution in [0.2, 0.25) is 0 Å². The smallest absolute Gasteiger partial charge is 0.0716 e. The highest BCUT2D eigenvalue weighted by atomic mass is 15.2. The van der Waals surface area contributed by atoms with Crippen molar-refractivity contribution in [2.75, 3.05) is 4.90 Å². The summed E-state index contributed by atoms with van der Waals surface area (Å²) in [6, 6.07) is 23.0. The molecule has 0 atom stereocenters. The first-order valence-corrected chi connectivity index (χ1v) is 12.4. The molecule has 5 aromatic rings. The van der Waals surface area contributed by atoms with Crippen LogP contribution >= 0.6 is 0 Å². The molecule has 3 heteroatoms. The summed E-state index contributed by atoms with van der Waals surface area (Å²) in [5, 5.41) is 0. The van der Waals surface area contributed by atoms with E-state index in [4.69, 9.17) is 4.98 Å². The van der Waals surface area contributed by atoms with Gasteiger partial charge in [-0.15, -0.1) is 0 Å². The average Bonchev–Trinajstić information content (AvgIpc) is 3.44. The van der Waals surface area contributed by atoms with Gasteiger partial charge in [-0.05, 0) is 92.7 Å². The fourth-order valence-electron chi connectivity index (χ4n) is 6.95. The molecular weight excluding hydrogens is 426 g/mol. The highest BCUT2D eigenvalue weighted by Crippen LogP contribution is 2.54. The van der Waals surface area contributed by atoms with Crippen molar-refractivity contribution in [2.45, 2.75) is 25.7 Å². The summed E-state index contributed by atoms with van der Waals surface area (Å²) in [5.41, 5.74) is 20.6. The van der Waals surface area contributed by atoms with E-state index in [1.165, 1.54) is 78.3 Å². The minimum absolute atomic E-state index is 0.847. The summed E-state index contributed by atoms with van der Waals surface area (Å²) in [6.45, 7) is 0. The van der Waals surface area contributed by atoms with Crippen LogP contribution in [0.4, 0.5) is 17.1 Å². The summed E-state index contributed by atoms with van der Waals surface area (Å²) < 4.78 is 0. The molecule has 0 unspecified atom stereocenters. The van der Waals surface area contributed by atoms with E-state index in [1.807, 2.05) is 18.6 Å². The van der Waals surface area contributed by atoms with Crippen LogP contribution < -0.4 is 4.90 Å². The quantitative estimate of drug-likeness (QED) is 0.253. The van der Waals surface area contributed by atoms with Crippen LogP contribution in [0.15, 0.2) is 79.3 Å². The first-order valence-electron chi connectivity index (χ1n) is 12.4. The third kappa shape index (κ3) is 2.26. The lowest BCUT2D eigenvalue weighted by atomic mass is 9.87. The molecule has 0 bridgehead atoms. The fraction of sp³-hybridized carbons (Fsp3) is 0.125. The number of pyridine rings is 2. The molecule has 4 heterocycles. The number of hydrogen-bond donors (Lipinski definition) is 0. The molecule has 2 aromatic heterocycles. The first-order chi connectivity index (χ1) is 17.3. The monoisotopic (exact) mass is 447 g/mol. The second kappa shape index (κ2) is 6.25. The summed E-state index contributed by atoms with van der Waals surface area (Å²) in [6.07, 6.45) is 9.73. The molecule has 4 aliphatic rings. The van der Waals surface area contributed by atoms with Crippen molar-refractivity contribution >= 4 is 17.1 Å². The van der Waals surface area contributed by atoms with Crippen LogP contribution in [0, 0.1) is 0 Å². The van der Waals surface area contributed by atoms with Crippen LogP contribution in [-0.2, 0) is 25.7 Å². The van der Waals surface area contributed by atoms with Crippen LogP contribution in [-0.4, -0.2) is 9.97 Å². The van der Waals surface area contributed by atoms with Crippen LogP contribution in [0.5, 0.6) is 0 Å². The maximum Gasteiger partial charge on any atom is 0.0716 e. The normalized spacial score (nSPS) is 14.9. The Labute approximate surface area is 203 Å². The van der Waals surface area contributed by atoms with Gasteiger partial charge < -0.3 is 4.90 Å². The fourth-order valence-corrected chi connectivity index (χ4v) is 6.95. The maximum atomic E-state index is 4.78. The minimum Gasteiger partial charge on any atom is -0.308 e. The lowest BCUT2D eigenvalue weighted by Crippen LogP contribution is -2.25. The van der Waals surface area contributed by atoms with Gasteiger partial charge in [0.25, 0.3) is 0 Å². The number of anilines is 3. The zero-order chi connectivity index (χ0) is 22.7. The van der Waals surface area contributed by atoms with E-state index in [-0.39, 0.29) is 0 Å². The molecule has 0 spiro atoms. The second-order valence-corrected chi connectivity index (χ2v) is 10.2. The van der Waals surface area contributed by atoms with Gasteiger partial charge in [-0.2, -0.15) is 0 Å². The van der Waals surface area contributed by atoms with Gasteiger partial charge in [0.05, 0.1) is 22.8 Å². The molecule has 2 aliphatic heterocycles. The number of nitrogens with zero attached hydrogens (tertiary/aromatic N) is 3. The second-order valence-electron chi connectivity index (χ2n) is 10.2. The molecular formula is C32H21N3. The van der Waals surface area contributed by atoms with E-state index >= 15 is 0 Å². The zero-order valence-electron chi connectivity index (χ0n) is 19.2. The summed E-state index contributed by atoms with van der Waals surface area (Å²) in [4.78, 5) is 11.7. The van der Waals surface area contributed by atoms with E-state index in [9.17, 15) is 0 Å². The molecule has 35 heavy (non-hydrogen) atoms. The Hall–Kier alpha value is -4.24. The van der Waals surface area contributed by atoms with Gasteiger partial charge in [-0.25, -0.2) is 0 Å². The highest BCUT2D eigenvalue weighted by Gasteiger charge is 2.35. The molecule has 0 saturated carbocycles. The molecule has 3 aromatic carbocycles. The van der Waals surface area contributed by atoms with E-state index in [0.717, 1.165) is 31.4 Å². The topological polar surface area (TPSA) is 29.0 Å². The highest BCUT2D eigenvalue weighted by molar-refractivity contribution is 5.97. The minimum atomic E-state index is 0.847. The molecule has 2 aliphatic carbocycles. The van der Waals surface area contributed by atoms with E-state index in [0.29, 0.717) is 0 Å². The zero-order valence-corrected chi connectivity index (χ0v) is 19.2. The third-order valence-corrected chi connectivity index (χ3v) is 8.41. The van der Waals surface area contributed by atoms with Crippen LogP contribution in [0.25, 0.3) is 22.3 Å². The number of fused-ring (bicyclic) bond motifs is 11. The van der Waals surface area contributed by atoms with Crippen LogP contribution in [0.1, 0.15) is 44.6 Å². The van der Waals surface area contributed by atoms with Crippen molar-refractivity contribution in [3.8, 4) is 22.3 Å². The lowest BCUT2D eigenvalue weighted by Gasteiger charge is -2.38. The van der Waals surface area contributed by atoms with E-state index in [1.54, 1.807) is 0 Å². The first kappa shape index (κ1) is 18.1. The maximum absolute atomic E-state index is 4.78. The van der Waals surface area contributed by atoms with Crippen molar-refractivity contribution in [1.82, 2.24) is 9.97 Å². The van der Waals surface area contributed by atoms with Gasteiger partial charge >= 0.3 is 0 Å². The van der Waals surface area contributed by atoms with Gasteiger partial charge in [-0.3, -0.25) is 9.97 Å². The van der Waals surface area contributed by atoms with Gasteiger partial charge in [-0.1, -0.05) is 36.4 Å². The molecule has 0 radical (unpaired) electrons. The SMILES string of the molecule is c1ccc2c(c1)Cc1ccc3c(c1-2)-c1cc2c(cc1C3)N1c3ccncc3Cc3nccc(c31)C2. The molecule has 164 valence electrons. The third-order valence-electron chi connectivity index (χ3n) is 8.41. The van der Waals surface area contributed by atoms with E-state index in [2.05, 4.69) is 70.5 Å². The molecule has 0 N–H and O–H groups in total. The number of aromatic nitrogens is 2. The van der Waals surface area contributed by atoms with Crippen LogP contribution in [0.3, 0.4) is 0 Å². The van der Waals surface area contributed by atoms with Crippen molar-refractivity contribution in [3.63, 3.8) is 0 Å². The largest absolute Gasteiger partial charge is 0.308 e. The standard InChI is InChI=1S/C32H21N3/c1-2-4-25-18(3-1)11-19-5-6-20-12-22-16-29-23(14-26(22)31(20)30(19)25)13-21-7-10-34-27-15-24-17-33-9-8-28(24)35(29)32(21)27/h1-10,14,16-17H,11-13,15H2. The molecule has 0 fully saturated rings. The van der Waals surface area contributed by atoms with Crippen molar-refractivity contribution in [3.05, 3.63) is 124 Å². The molecule has 9 rings (SSSR count). The van der Waals surface area contributed by atoms with Crippen molar-refractivity contribution < 1.29 is 0 Å². The van der Waals surface area contributed by atoms with Gasteiger partial charge in [0.15, 0.2) is 0 Å².